The Kier molecular flexibility index (Phi) is 3.36. The van der Waals surface area contributed by atoms with Crippen LogP contribution in [0, 0.1) is 5.82 Å². The number of carbonyl (C=O) groups is 1. The van der Waals surface area contributed by atoms with E-state index in [9.17, 15) is 9.18 Å². The quantitative estimate of drug-likeness (QED) is 0.781. The second-order valence-electron chi connectivity index (χ2n) is 4.69. The van der Waals surface area contributed by atoms with Crippen LogP contribution in [0.5, 0.6) is 0 Å². The minimum atomic E-state index is -0.288. The number of nitrogens with zero attached hydrogens (tertiary/aromatic N) is 1. The Balaban J connectivity index is 2.04. The zero-order valence-electron chi connectivity index (χ0n) is 11.4. The van der Waals surface area contributed by atoms with Gasteiger partial charge in [0.15, 0.2) is 0 Å². The van der Waals surface area contributed by atoms with E-state index in [-0.39, 0.29) is 11.7 Å². The number of amides is 1. The second-order valence-corrected chi connectivity index (χ2v) is 4.69. The number of rotatable bonds is 2. The first-order valence-electron chi connectivity index (χ1n) is 6.56. The molecule has 1 heterocycles. The van der Waals surface area contributed by atoms with E-state index in [1.54, 1.807) is 43.6 Å². The lowest BCUT2D eigenvalue weighted by Gasteiger charge is -2.05. The minimum Gasteiger partial charge on any atom is -0.355 e. The van der Waals surface area contributed by atoms with Crippen molar-refractivity contribution in [1.82, 2.24) is 10.3 Å². The highest BCUT2D eigenvalue weighted by Crippen LogP contribution is 2.24. The molecule has 1 aromatic heterocycles. The zero-order valence-corrected chi connectivity index (χ0v) is 11.4. The van der Waals surface area contributed by atoms with Gasteiger partial charge in [-0.25, -0.2) is 4.39 Å². The molecule has 3 aromatic rings. The summed E-state index contributed by atoms with van der Waals surface area (Å²) in [6.45, 7) is 0. The van der Waals surface area contributed by atoms with Gasteiger partial charge in [0, 0.05) is 29.8 Å². The van der Waals surface area contributed by atoms with Crippen LogP contribution in [0.1, 0.15) is 10.4 Å². The van der Waals surface area contributed by atoms with Crippen LogP contribution in [0.2, 0.25) is 0 Å². The fourth-order valence-electron chi connectivity index (χ4n) is 2.23. The van der Waals surface area contributed by atoms with Crippen molar-refractivity contribution in [2.24, 2.45) is 0 Å². The van der Waals surface area contributed by atoms with E-state index in [0.29, 0.717) is 16.5 Å². The predicted octanol–water partition coefficient (Wildman–Crippen LogP) is 3.40. The highest BCUT2D eigenvalue weighted by Gasteiger charge is 2.06. The van der Waals surface area contributed by atoms with Gasteiger partial charge in [-0.05, 0) is 35.9 Å². The van der Waals surface area contributed by atoms with Crippen LogP contribution in [0.25, 0.3) is 22.0 Å². The van der Waals surface area contributed by atoms with Gasteiger partial charge in [0.1, 0.15) is 5.82 Å². The van der Waals surface area contributed by atoms with Crippen LogP contribution in [-0.4, -0.2) is 17.9 Å². The van der Waals surface area contributed by atoms with Crippen molar-refractivity contribution in [3.63, 3.8) is 0 Å². The van der Waals surface area contributed by atoms with Gasteiger partial charge in [-0.3, -0.25) is 9.78 Å². The Bertz CT molecular complexity index is 813. The van der Waals surface area contributed by atoms with Gasteiger partial charge < -0.3 is 5.32 Å². The monoisotopic (exact) mass is 280 g/mol. The number of fused-ring (bicyclic) bond motifs is 1. The Morgan fingerprint density at radius 1 is 1.10 bits per heavy atom. The third kappa shape index (κ3) is 2.48. The zero-order chi connectivity index (χ0) is 14.8. The molecule has 21 heavy (non-hydrogen) atoms. The number of carbonyl (C=O) groups excluding carboxylic acids is 1. The molecule has 1 N–H and O–H groups in total. The lowest BCUT2D eigenvalue weighted by Crippen LogP contribution is -2.17. The maximum Gasteiger partial charge on any atom is 0.251 e. The van der Waals surface area contributed by atoms with Crippen LogP contribution in [0.15, 0.2) is 54.7 Å². The van der Waals surface area contributed by atoms with Crippen molar-refractivity contribution >= 4 is 16.8 Å². The molecule has 3 rings (SSSR count). The smallest absolute Gasteiger partial charge is 0.251 e. The number of nitrogens with one attached hydrogen (secondary N) is 1. The first-order valence-corrected chi connectivity index (χ1v) is 6.56. The topological polar surface area (TPSA) is 42.0 Å². The van der Waals surface area contributed by atoms with Gasteiger partial charge >= 0.3 is 0 Å². The molecule has 1 amide bonds. The van der Waals surface area contributed by atoms with E-state index in [2.05, 4.69) is 10.3 Å². The fourth-order valence-corrected chi connectivity index (χ4v) is 2.23. The molecule has 0 saturated heterocycles. The number of hydrogen-bond donors (Lipinski definition) is 1. The van der Waals surface area contributed by atoms with Gasteiger partial charge in [-0.2, -0.15) is 0 Å². The largest absolute Gasteiger partial charge is 0.355 e. The standard InChI is InChI=1S/C17H13FN2O/c1-19-17(21)12-7-5-11(6-8-12)13-9-14-15(18)3-2-4-16(14)20-10-13/h2-10H,1H3,(H,19,21). The van der Waals surface area contributed by atoms with Crippen LogP contribution < -0.4 is 5.32 Å². The summed E-state index contributed by atoms with van der Waals surface area (Å²) in [5.41, 5.74) is 2.92. The van der Waals surface area contributed by atoms with Crippen LogP contribution >= 0.6 is 0 Å². The van der Waals surface area contributed by atoms with Gasteiger partial charge in [0.25, 0.3) is 5.91 Å². The fraction of sp³-hybridized carbons (Fsp3) is 0.0588. The third-order valence-electron chi connectivity index (χ3n) is 3.38. The molecule has 0 saturated carbocycles. The van der Waals surface area contributed by atoms with Crippen LogP contribution in [-0.2, 0) is 0 Å². The van der Waals surface area contributed by atoms with Gasteiger partial charge in [-0.15, -0.1) is 0 Å². The molecule has 0 atom stereocenters. The molecule has 2 aromatic carbocycles. The number of benzene rings is 2. The molecule has 104 valence electrons. The van der Waals surface area contributed by atoms with E-state index >= 15 is 0 Å². The number of aromatic nitrogens is 1. The first-order chi connectivity index (χ1) is 10.2. The molecule has 0 unspecified atom stereocenters. The first kappa shape index (κ1) is 13.2. The van der Waals surface area contributed by atoms with Crippen molar-refractivity contribution in [3.05, 3.63) is 66.1 Å². The van der Waals surface area contributed by atoms with Crippen molar-refractivity contribution in [1.29, 1.82) is 0 Å². The summed E-state index contributed by atoms with van der Waals surface area (Å²) < 4.78 is 13.8. The van der Waals surface area contributed by atoms with Gasteiger partial charge in [0.2, 0.25) is 0 Å². The molecular weight excluding hydrogens is 267 g/mol. The number of hydrogen-bond acceptors (Lipinski definition) is 2. The van der Waals surface area contributed by atoms with E-state index in [1.165, 1.54) is 6.07 Å². The SMILES string of the molecule is CNC(=O)c1ccc(-c2cnc3cccc(F)c3c2)cc1. The number of halogens is 1. The Morgan fingerprint density at radius 2 is 1.86 bits per heavy atom. The highest BCUT2D eigenvalue weighted by atomic mass is 19.1. The lowest BCUT2D eigenvalue weighted by atomic mass is 10.0. The molecule has 0 aliphatic rings. The summed E-state index contributed by atoms with van der Waals surface area (Å²) >= 11 is 0. The highest BCUT2D eigenvalue weighted by molar-refractivity contribution is 5.94. The molecule has 0 aliphatic heterocycles. The van der Waals surface area contributed by atoms with Crippen molar-refractivity contribution in [2.45, 2.75) is 0 Å². The Hall–Kier alpha value is -2.75. The van der Waals surface area contributed by atoms with Gasteiger partial charge in [-0.1, -0.05) is 18.2 Å². The van der Waals surface area contributed by atoms with Crippen molar-refractivity contribution in [3.8, 4) is 11.1 Å². The van der Waals surface area contributed by atoms with Crippen molar-refractivity contribution in [2.75, 3.05) is 7.05 Å². The summed E-state index contributed by atoms with van der Waals surface area (Å²) in [4.78, 5) is 15.8. The summed E-state index contributed by atoms with van der Waals surface area (Å²) in [6, 6.07) is 13.7. The molecule has 0 fully saturated rings. The Morgan fingerprint density at radius 3 is 2.57 bits per heavy atom. The summed E-state index contributed by atoms with van der Waals surface area (Å²) in [5.74, 6) is -0.423. The van der Waals surface area contributed by atoms with Crippen molar-refractivity contribution < 1.29 is 9.18 Å². The summed E-state index contributed by atoms with van der Waals surface area (Å²) in [6.07, 6.45) is 1.71. The number of pyridine rings is 1. The third-order valence-corrected chi connectivity index (χ3v) is 3.38. The predicted molar refractivity (Wildman–Crippen MR) is 80.5 cm³/mol. The molecule has 3 nitrogen and oxygen atoms in total. The molecule has 0 spiro atoms. The van der Waals surface area contributed by atoms with E-state index < -0.39 is 0 Å². The Labute approximate surface area is 121 Å². The summed E-state index contributed by atoms with van der Waals surface area (Å²) in [7, 11) is 1.59. The molecule has 4 heteroatoms. The average molecular weight is 280 g/mol. The second kappa shape index (κ2) is 5.32. The van der Waals surface area contributed by atoms with E-state index in [0.717, 1.165) is 11.1 Å². The van der Waals surface area contributed by atoms with Crippen LogP contribution in [0.3, 0.4) is 0 Å². The van der Waals surface area contributed by atoms with Gasteiger partial charge in [0.05, 0.1) is 5.52 Å². The van der Waals surface area contributed by atoms with E-state index in [4.69, 9.17) is 0 Å². The lowest BCUT2D eigenvalue weighted by molar-refractivity contribution is 0.0963. The van der Waals surface area contributed by atoms with Crippen LogP contribution in [0.4, 0.5) is 4.39 Å². The minimum absolute atomic E-state index is 0.135. The summed E-state index contributed by atoms with van der Waals surface area (Å²) in [5, 5.41) is 3.06. The normalized spacial score (nSPS) is 10.6. The van der Waals surface area contributed by atoms with E-state index in [1.807, 2.05) is 12.1 Å². The molecule has 0 radical (unpaired) electrons. The molecule has 0 aliphatic carbocycles. The maximum absolute atomic E-state index is 13.8. The molecule has 0 bridgehead atoms. The average Bonchev–Trinajstić information content (AvgIpc) is 2.54. The molecular formula is C17H13FN2O. The maximum atomic E-state index is 13.8.